The van der Waals surface area contributed by atoms with Gasteiger partial charge >= 0.3 is 5.97 Å². The van der Waals surface area contributed by atoms with Crippen molar-refractivity contribution in [2.24, 2.45) is 0 Å². The van der Waals surface area contributed by atoms with Gasteiger partial charge in [0.2, 0.25) is 0 Å². The van der Waals surface area contributed by atoms with Gasteiger partial charge < -0.3 is 15.4 Å². The molecule has 2 aromatic rings. The van der Waals surface area contributed by atoms with Crippen molar-refractivity contribution in [3.05, 3.63) is 52.7 Å². The predicted molar refractivity (Wildman–Crippen MR) is 77.7 cm³/mol. The third-order valence-corrected chi connectivity index (χ3v) is 3.43. The lowest BCUT2D eigenvalue weighted by Gasteiger charge is -2.07. The molecule has 1 aliphatic rings. The molecule has 0 atom stereocenters. The van der Waals surface area contributed by atoms with Crippen LogP contribution in [0.3, 0.4) is 0 Å². The quantitative estimate of drug-likeness (QED) is 0.828. The second-order valence-electron chi connectivity index (χ2n) is 4.86. The van der Waals surface area contributed by atoms with E-state index in [0.29, 0.717) is 12.4 Å². The summed E-state index contributed by atoms with van der Waals surface area (Å²) in [6.45, 7) is 2.54. The van der Waals surface area contributed by atoms with Gasteiger partial charge in [-0.25, -0.2) is 4.79 Å². The van der Waals surface area contributed by atoms with Crippen LogP contribution in [0.1, 0.15) is 27.2 Å². The number of carbonyl (C=O) groups is 1. The number of hydrogen-bond acceptors (Lipinski definition) is 6. The van der Waals surface area contributed by atoms with Crippen LogP contribution in [0.2, 0.25) is 0 Å². The van der Waals surface area contributed by atoms with Gasteiger partial charge in [0.05, 0.1) is 7.11 Å². The molecule has 0 saturated heterocycles. The van der Waals surface area contributed by atoms with E-state index in [9.17, 15) is 4.79 Å². The van der Waals surface area contributed by atoms with Gasteiger partial charge in [-0.1, -0.05) is 18.2 Å². The number of ether oxygens (including phenoxy) is 1. The van der Waals surface area contributed by atoms with Gasteiger partial charge in [-0.3, -0.25) is 0 Å². The van der Waals surface area contributed by atoms with Crippen molar-refractivity contribution in [2.45, 2.75) is 19.6 Å². The van der Waals surface area contributed by atoms with Crippen molar-refractivity contribution in [1.29, 1.82) is 0 Å². The fourth-order valence-corrected chi connectivity index (χ4v) is 2.29. The number of esters is 1. The summed E-state index contributed by atoms with van der Waals surface area (Å²) in [4.78, 5) is 11.3. The van der Waals surface area contributed by atoms with Crippen LogP contribution in [0.25, 0.3) is 0 Å². The topological polar surface area (TPSA) is 76.1 Å². The van der Waals surface area contributed by atoms with E-state index in [-0.39, 0.29) is 5.69 Å². The Morgan fingerprint density at radius 3 is 2.86 bits per heavy atom. The number of benzene rings is 1. The molecule has 0 unspecified atom stereocenters. The number of nitrogens with one attached hydrogen (secondary N) is 2. The van der Waals surface area contributed by atoms with Gasteiger partial charge in [-0.05, 0) is 28.8 Å². The normalized spacial score (nSPS) is 12.8. The first-order chi connectivity index (χ1) is 10.3. The molecule has 1 aliphatic heterocycles. The van der Waals surface area contributed by atoms with Crippen molar-refractivity contribution >= 4 is 11.8 Å². The first-order valence-corrected chi connectivity index (χ1v) is 6.73. The molecule has 2 heterocycles. The Kier molecular flexibility index (Phi) is 3.79. The van der Waals surface area contributed by atoms with E-state index in [1.807, 2.05) is 0 Å². The molecule has 0 aliphatic carbocycles. The molecule has 1 aromatic heterocycles. The lowest BCUT2D eigenvalue weighted by atomic mass is 10.1. The lowest BCUT2D eigenvalue weighted by Crippen LogP contribution is -2.08. The summed E-state index contributed by atoms with van der Waals surface area (Å²) < 4.78 is 4.58. The van der Waals surface area contributed by atoms with Crippen LogP contribution < -0.4 is 10.6 Å². The molecule has 6 nitrogen and oxygen atoms in total. The highest BCUT2D eigenvalue weighted by molar-refractivity contribution is 5.86. The number of anilines is 1. The SMILES string of the molecule is COC(=O)c1ccc(NCc2ccc3c(c2)CNC3)nn1. The average molecular weight is 284 g/mol. The molecular formula is C15H16N4O2. The van der Waals surface area contributed by atoms with Crippen LogP contribution in [0.15, 0.2) is 30.3 Å². The predicted octanol–water partition coefficient (Wildman–Crippen LogP) is 1.48. The van der Waals surface area contributed by atoms with Gasteiger partial charge in [0.15, 0.2) is 5.69 Å². The molecule has 1 aromatic carbocycles. The number of nitrogens with zero attached hydrogens (tertiary/aromatic N) is 2. The number of hydrogen-bond donors (Lipinski definition) is 2. The molecular weight excluding hydrogens is 268 g/mol. The minimum Gasteiger partial charge on any atom is -0.464 e. The van der Waals surface area contributed by atoms with Gasteiger partial charge in [-0.15, -0.1) is 10.2 Å². The van der Waals surface area contributed by atoms with E-state index >= 15 is 0 Å². The van der Waals surface area contributed by atoms with Crippen LogP contribution in [0, 0.1) is 0 Å². The fraction of sp³-hybridized carbons (Fsp3) is 0.267. The third kappa shape index (κ3) is 3.00. The zero-order valence-corrected chi connectivity index (χ0v) is 11.7. The highest BCUT2D eigenvalue weighted by atomic mass is 16.5. The fourth-order valence-electron chi connectivity index (χ4n) is 2.29. The summed E-state index contributed by atoms with van der Waals surface area (Å²) in [5.74, 6) is 0.140. The molecule has 21 heavy (non-hydrogen) atoms. The molecule has 0 spiro atoms. The molecule has 0 fully saturated rings. The standard InChI is InChI=1S/C15H16N4O2/c1-21-15(20)13-4-5-14(19-18-13)17-7-10-2-3-11-8-16-9-12(11)6-10/h2-6,16H,7-9H2,1H3,(H,17,19). The van der Waals surface area contributed by atoms with Crippen LogP contribution in [0.5, 0.6) is 0 Å². The second-order valence-corrected chi connectivity index (χ2v) is 4.86. The van der Waals surface area contributed by atoms with Crippen molar-refractivity contribution in [3.8, 4) is 0 Å². The molecule has 3 rings (SSSR count). The number of fused-ring (bicyclic) bond motifs is 1. The largest absolute Gasteiger partial charge is 0.464 e. The van der Waals surface area contributed by atoms with Crippen LogP contribution in [-0.4, -0.2) is 23.3 Å². The summed E-state index contributed by atoms with van der Waals surface area (Å²) >= 11 is 0. The zero-order valence-electron chi connectivity index (χ0n) is 11.7. The van der Waals surface area contributed by atoms with Crippen molar-refractivity contribution in [3.63, 3.8) is 0 Å². The number of methoxy groups -OCH3 is 1. The molecule has 0 bridgehead atoms. The average Bonchev–Trinajstić information content (AvgIpc) is 3.00. The molecule has 2 N–H and O–H groups in total. The summed E-state index contributed by atoms with van der Waals surface area (Å²) in [5, 5.41) is 14.3. The summed E-state index contributed by atoms with van der Waals surface area (Å²) in [7, 11) is 1.32. The van der Waals surface area contributed by atoms with E-state index in [4.69, 9.17) is 0 Å². The van der Waals surface area contributed by atoms with Crippen molar-refractivity contribution in [1.82, 2.24) is 15.5 Å². The van der Waals surface area contributed by atoms with Crippen LogP contribution >= 0.6 is 0 Å². The molecule has 0 radical (unpaired) electrons. The van der Waals surface area contributed by atoms with Crippen LogP contribution in [-0.2, 0) is 24.4 Å². The Morgan fingerprint density at radius 1 is 1.24 bits per heavy atom. The Balaban J connectivity index is 1.63. The second kappa shape index (κ2) is 5.88. The highest BCUT2D eigenvalue weighted by Crippen LogP contribution is 2.17. The Hall–Kier alpha value is -2.47. The monoisotopic (exact) mass is 284 g/mol. The third-order valence-electron chi connectivity index (χ3n) is 3.43. The molecule has 108 valence electrons. The number of carbonyl (C=O) groups excluding carboxylic acids is 1. The number of rotatable bonds is 4. The number of aromatic nitrogens is 2. The maximum absolute atomic E-state index is 11.3. The first-order valence-electron chi connectivity index (χ1n) is 6.73. The summed E-state index contributed by atoms with van der Waals surface area (Å²) in [6.07, 6.45) is 0. The summed E-state index contributed by atoms with van der Waals surface area (Å²) in [5.41, 5.74) is 4.10. The lowest BCUT2D eigenvalue weighted by molar-refractivity contribution is 0.0593. The minimum atomic E-state index is -0.486. The van der Waals surface area contributed by atoms with E-state index in [2.05, 4.69) is 43.8 Å². The Morgan fingerprint density at radius 2 is 2.10 bits per heavy atom. The molecule has 0 saturated carbocycles. The van der Waals surface area contributed by atoms with Crippen molar-refractivity contribution in [2.75, 3.05) is 12.4 Å². The molecule has 6 heteroatoms. The minimum absolute atomic E-state index is 0.201. The van der Waals surface area contributed by atoms with E-state index in [1.165, 1.54) is 23.8 Å². The Bertz CT molecular complexity index is 655. The zero-order chi connectivity index (χ0) is 14.7. The highest BCUT2D eigenvalue weighted by Gasteiger charge is 2.10. The Labute approximate surface area is 122 Å². The van der Waals surface area contributed by atoms with E-state index < -0.39 is 5.97 Å². The van der Waals surface area contributed by atoms with Gasteiger partial charge in [0.25, 0.3) is 0 Å². The van der Waals surface area contributed by atoms with E-state index in [0.717, 1.165) is 13.1 Å². The van der Waals surface area contributed by atoms with E-state index in [1.54, 1.807) is 12.1 Å². The van der Waals surface area contributed by atoms with Gasteiger partial charge in [0, 0.05) is 19.6 Å². The maximum atomic E-state index is 11.3. The summed E-state index contributed by atoms with van der Waals surface area (Å²) in [6, 6.07) is 9.76. The maximum Gasteiger partial charge on any atom is 0.358 e. The van der Waals surface area contributed by atoms with Gasteiger partial charge in [0.1, 0.15) is 5.82 Å². The smallest absolute Gasteiger partial charge is 0.358 e. The van der Waals surface area contributed by atoms with Crippen molar-refractivity contribution < 1.29 is 9.53 Å². The van der Waals surface area contributed by atoms with Crippen LogP contribution in [0.4, 0.5) is 5.82 Å². The first kappa shape index (κ1) is 13.5. The van der Waals surface area contributed by atoms with Gasteiger partial charge in [-0.2, -0.15) is 0 Å². The molecule has 0 amide bonds.